The first-order chi connectivity index (χ1) is 6.23. The van der Waals surface area contributed by atoms with Crippen LogP contribution in [0.3, 0.4) is 0 Å². The molecule has 2 aliphatic carbocycles. The minimum absolute atomic E-state index is 0.283. The van der Waals surface area contributed by atoms with E-state index in [9.17, 15) is 5.11 Å². The van der Waals surface area contributed by atoms with Crippen molar-refractivity contribution in [3.8, 4) is 0 Å². The summed E-state index contributed by atoms with van der Waals surface area (Å²) in [7, 11) is 0. The Morgan fingerprint density at radius 1 is 1.00 bits per heavy atom. The fourth-order valence-corrected chi connectivity index (χ4v) is 3.39. The lowest BCUT2D eigenvalue weighted by atomic mass is 9.68. The van der Waals surface area contributed by atoms with Gasteiger partial charge in [0.1, 0.15) is 0 Å². The van der Waals surface area contributed by atoms with Crippen molar-refractivity contribution in [3.05, 3.63) is 0 Å². The van der Waals surface area contributed by atoms with Gasteiger partial charge in [0.15, 0.2) is 0 Å². The van der Waals surface area contributed by atoms with Crippen LogP contribution < -0.4 is 0 Å². The van der Waals surface area contributed by atoms with Gasteiger partial charge in [-0.3, -0.25) is 0 Å². The smallest absolute Gasteiger partial charge is 0.0701 e. The Labute approximate surface area is 81.5 Å². The van der Waals surface area contributed by atoms with Crippen molar-refractivity contribution < 1.29 is 5.11 Å². The maximum absolute atomic E-state index is 10.6. The Kier molecular flexibility index (Phi) is 2.64. The number of hydrogen-bond acceptors (Lipinski definition) is 1. The third kappa shape index (κ3) is 1.63. The molecule has 0 aromatic carbocycles. The second-order valence-corrected chi connectivity index (χ2v) is 5.12. The summed E-state index contributed by atoms with van der Waals surface area (Å²) in [5, 5.41) is 10.6. The Morgan fingerprint density at radius 2 is 1.62 bits per heavy atom. The molecule has 0 bridgehead atoms. The SMILES string of the molecule is CC1CCCCC1(O)C1CCCC1. The van der Waals surface area contributed by atoms with Gasteiger partial charge in [-0.05, 0) is 37.5 Å². The molecule has 76 valence electrons. The molecule has 0 amide bonds. The van der Waals surface area contributed by atoms with Gasteiger partial charge in [0.2, 0.25) is 0 Å². The molecule has 2 unspecified atom stereocenters. The Bertz CT molecular complexity index is 172. The van der Waals surface area contributed by atoms with Crippen molar-refractivity contribution in [1.82, 2.24) is 0 Å². The van der Waals surface area contributed by atoms with E-state index in [-0.39, 0.29) is 5.60 Å². The van der Waals surface area contributed by atoms with Crippen LogP contribution in [0.4, 0.5) is 0 Å². The molecule has 0 radical (unpaired) electrons. The molecule has 1 heteroatoms. The molecule has 1 N–H and O–H groups in total. The van der Waals surface area contributed by atoms with Crippen molar-refractivity contribution in [2.45, 2.75) is 63.9 Å². The molecule has 0 heterocycles. The van der Waals surface area contributed by atoms with E-state index in [2.05, 4.69) is 6.92 Å². The summed E-state index contributed by atoms with van der Waals surface area (Å²) in [6, 6.07) is 0. The van der Waals surface area contributed by atoms with E-state index >= 15 is 0 Å². The standard InChI is InChI=1S/C12H22O/c1-10-6-4-5-9-12(10,13)11-7-2-3-8-11/h10-11,13H,2-9H2,1H3. The van der Waals surface area contributed by atoms with Crippen LogP contribution in [-0.4, -0.2) is 10.7 Å². The van der Waals surface area contributed by atoms with E-state index in [0.29, 0.717) is 11.8 Å². The number of rotatable bonds is 1. The molecule has 0 aliphatic heterocycles. The van der Waals surface area contributed by atoms with Crippen LogP contribution in [0, 0.1) is 11.8 Å². The summed E-state index contributed by atoms with van der Waals surface area (Å²) in [6.07, 6.45) is 10.1. The van der Waals surface area contributed by atoms with Crippen LogP contribution >= 0.6 is 0 Å². The lowest BCUT2D eigenvalue weighted by molar-refractivity contribution is -0.0869. The van der Waals surface area contributed by atoms with Crippen LogP contribution in [0.2, 0.25) is 0 Å². The monoisotopic (exact) mass is 182 g/mol. The first-order valence-electron chi connectivity index (χ1n) is 5.96. The van der Waals surface area contributed by atoms with Crippen LogP contribution in [0.25, 0.3) is 0 Å². The highest BCUT2D eigenvalue weighted by Crippen LogP contribution is 2.45. The fraction of sp³-hybridized carbons (Fsp3) is 1.00. The molecule has 2 aliphatic rings. The predicted molar refractivity (Wildman–Crippen MR) is 54.5 cm³/mol. The largest absolute Gasteiger partial charge is 0.389 e. The second kappa shape index (κ2) is 3.61. The molecule has 2 atom stereocenters. The van der Waals surface area contributed by atoms with Gasteiger partial charge in [-0.15, -0.1) is 0 Å². The quantitative estimate of drug-likeness (QED) is 0.660. The predicted octanol–water partition coefficient (Wildman–Crippen LogP) is 3.12. The third-order valence-electron chi connectivity index (χ3n) is 4.38. The molecule has 2 fully saturated rings. The topological polar surface area (TPSA) is 20.2 Å². The van der Waals surface area contributed by atoms with E-state index < -0.39 is 0 Å². The van der Waals surface area contributed by atoms with E-state index in [0.717, 1.165) is 6.42 Å². The first-order valence-corrected chi connectivity index (χ1v) is 5.96. The van der Waals surface area contributed by atoms with Crippen molar-refractivity contribution in [1.29, 1.82) is 0 Å². The van der Waals surface area contributed by atoms with Crippen LogP contribution in [0.5, 0.6) is 0 Å². The molecule has 0 saturated heterocycles. The zero-order valence-corrected chi connectivity index (χ0v) is 8.76. The first kappa shape index (κ1) is 9.51. The van der Waals surface area contributed by atoms with Crippen molar-refractivity contribution >= 4 is 0 Å². The number of hydrogen-bond donors (Lipinski definition) is 1. The molecular formula is C12H22O. The summed E-state index contributed by atoms with van der Waals surface area (Å²) in [6.45, 7) is 2.25. The zero-order chi connectivity index (χ0) is 9.31. The van der Waals surface area contributed by atoms with E-state index in [1.807, 2.05) is 0 Å². The molecule has 0 aromatic heterocycles. The average molecular weight is 182 g/mol. The summed E-state index contributed by atoms with van der Waals surface area (Å²) < 4.78 is 0. The van der Waals surface area contributed by atoms with Crippen molar-refractivity contribution in [2.24, 2.45) is 11.8 Å². The van der Waals surface area contributed by atoms with E-state index in [1.165, 1.54) is 44.9 Å². The Morgan fingerprint density at radius 3 is 2.23 bits per heavy atom. The minimum Gasteiger partial charge on any atom is -0.389 e. The van der Waals surface area contributed by atoms with Crippen LogP contribution in [0.15, 0.2) is 0 Å². The highest BCUT2D eigenvalue weighted by Gasteiger charge is 2.43. The van der Waals surface area contributed by atoms with Gasteiger partial charge < -0.3 is 5.11 Å². The Hall–Kier alpha value is -0.0400. The van der Waals surface area contributed by atoms with Crippen molar-refractivity contribution in [3.63, 3.8) is 0 Å². The minimum atomic E-state index is -0.283. The van der Waals surface area contributed by atoms with Crippen LogP contribution in [-0.2, 0) is 0 Å². The van der Waals surface area contributed by atoms with Gasteiger partial charge in [0.25, 0.3) is 0 Å². The zero-order valence-electron chi connectivity index (χ0n) is 8.76. The summed E-state index contributed by atoms with van der Waals surface area (Å²) >= 11 is 0. The second-order valence-electron chi connectivity index (χ2n) is 5.12. The maximum Gasteiger partial charge on any atom is 0.0701 e. The van der Waals surface area contributed by atoms with Gasteiger partial charge >= 0.3 is 0 Å². The summed E-state index contributed by atoms with van der Waals surface area (Å²) in [5.74, 6) is 1.17. The van der Waals surface area contributed by atoms with E-state index in [4.69, 9.17) is 0 Å². The lowest BCUT2D eigenvalue weighted by Crippen LogP contribution is -2.45. The Balaban J connectivity index is 2.06. The van der Waals surface area contributed by atoms with Crippen LogP contribution in [0.1, 0.15) is 58.3 Å². The molecule has 0 spiro atoms. The normalized spacial score (nSPS) is 42.5. The third-order valence-corrected chi connectivity index (χ3v) is 4.38. The fourth-order valence-electron chi connectivity index (χ4n) is 3.39. The summed E-state index contributed by atoms with van der Waals surface area (Å²) in [5.41, 5.74) is -0.283. The van der Waals surface area contributed by atoms with Gasteiger partial charge in [-0.25, -0.2) is 0 Å². The number of aliphatic hydroxyl groups is 1. The summed E-state index contributed by atoms with van der Waals surface area (Å²) in [4.78, 5) is 0. The maximum atomic E-state index is 10.6. The molecule has 2 rings (SSSR count). The van der Waals surface area contributed by atoms with Gasteiger partial charge in [0, 0.05) is 0 Å². The molecule has 1 nitrogen and oxygen atoms in total. The highest BCUT2D eigenvalue weighted by molar-refractivity contribution is 4.95. The van der Waals surface area contributed by atoms with Crippen molar-refractivity contribution in [2.75, 3.05) is 0 Å². The molecule has 0 aromatic rings. The van der Waals surface area contributed by atoms with Gasteiger partial charge in [-0.2, -0.15) is 0 Å². The van der Waals surface area contributed by atoms with Gasteiger partial charge in [-0.1, -0.05) is 32.6 Å². The molecule has 13 heavy (non-hydrogen) atoms. The van der Waals surface area contributed by atoms with E-state index in [1.54, 1.807) is 0 Å². The molecule has 2 saturated carbocycles. The van der Waals surface area contributed by atoms with Gasteiger partial charge in [0.05, 0.1) is 5.60 Å². The lowest BCUT2D eigenvalue weighted by Gasteiger charge is -2.42. The average Bonchev–Trinajstić information content (AvgIpc) is 2.63. The highest BCUT2D eigenvalue weighted by atomic mass is 16.3. The molecular weight excluding hydrogens is 160 g/mol.